The highest BCUT2D eigenvalue weighted by Gasteiger charge is 2.52. The third-order valence-corrected chi connectivity index (χ3v) is 5.59. The average Bonchev–Trinajstić information content (AvgIpc) is 3.23. The number of hydrogen-bond acceptors (Lipinski definition) is 4. The second kappa shape index (κ2) is 6.72. The van der Waals surface area contributed by atoms with Crippen molar-refractivity contribution in [1.29, 1.82) is 0 Å². The summed E-state index contributed by atoms with van der Waals surface area (Å²) in [7, 11) is 0. The summed E-state index contributed by atoms with van der Waals surface area (Å²) in [5.41, 5.74) is 0.250. The second-order valence-corrected chi connectivity index (χ2v) is 7.22. The first-order valence-corrected chi connectivity index (χ1v) is 9.17. The quantitative estimate of drug-likeness (QED) is 0.831. The number of carbonyl (C=O) groups is 3. The fraction of sp³-hybridized carbons (Fsp3) is 0.526. The Kier molecular flexibility index (Phi) is 4.40. The first-order valence-electron chi connectivity index (χ1n) is 9.17. The molecule has 1 saturated carbocycles. The van der Waals surface area contributed by atoms with Crippen LogP contribution >= 0.6 is 0 Å². The number of amides is 4. The maximum absolute atomic E-state index is 12.7. The zero-order valence-corrected chi connectivity index (χ0v) is 14.6. The average molecular weight is 357 g/mol. The highest BCUT2D eigenvalue weighted by Crippen LogP contribution is 2.35. The summed E-state index contributed by atoms with van der Waals surface area (Å²) in [4.78, 5) is 40.4. The Morgan fingerprint density at radius 3 is 2.65 bits per heavy atom. The number of urea groups is 1. The van der Waals surface area contributed by atoms with Crippen LogP contribution in [0.25, 0.3) is 0 Å². The van der Waals surface area contributed by atoms with E-state index in [2.05, 4.69) is 5.32 Å². The lowest BCUT2D eigenvalue weighted by molar-refractivity contribution is -0.143. The molecule has 26 heavy (non-hydrogen) atoms. The van der Waals surface area contributed by atoms with Gasteiger partial charge in [0.05, 0.1) is 13.2 Å². The summed E-state index contributed by atoms with van der Waals surface area (Å²) in [6.45, 7) is 1.14. The lowest BCUT2D eigenvalue weighted by Crippen LogP contribution is -2.49. The van der Waals surface area contributed by atoms with Crippen LogP contribution in [0.2, 0.25) is 0 Å². The zero-order valence-electron chi connectivity index (χ0n) is 14.6. The fourth-order valence-electron chi connectivity index (χ4n) is 4.12. The molecular formula is C19H23N3O4. The van der Waals surface area contributed by atoms with Crippen molar-refractivity contribution in [3.63, 3.8) is 0 Å². The largest absolute Gasteiger partial charge is 0.370 e. The van der Waals surface area contributed by atoms with Crippen molar-refractivity contribution >= 4 is 17.8 Å². The maximum atomic E-state index is 12.7. The number of imide groups is 1. The normalized spacial score (nSPS) is 25.0. The first kappa shape index (κ1) is 17.0. The number of carbonyl (C=O) groups excluding carboxylic acids is 3. The Balaban J connectivity index is 1.41. The van der Waals surface area contributed by atoms with Gasteiger partial charge in [-0.3, -0.25) is 14.5 Å². The van der Waals surface area contributed by atoms with E-state index in [4.69, 9.17) is 4.74 Å². The summed E-state index contributed by atoms with van der Waals surface area (Å²) in [6.07, 6.45) is 3.00. The first-order chi connectivity index (χ1) is 12.6. The molecule has 3 aliphatic rings. The maximum Gasteiger partial charge on any atom is 0.325 e. The van der Waals surface area contributed by atoms with Crippen LogP contribution in [-0.2, 0) is 14.3 Å². The van der Waals surface area contributed by atoms with Gasteiger partial charge in [-0.15, -0.1) is 0 Å². The lowest BCUT2D eigenvalue weighted by Gasteiger charge is -2.34. The minimum atomic E-state index is -0.769. The Labute approximate surface area is 152 Å². The number of nitrogens with zero attached hydrogens (tertiary/aromatic N) is 2. The van der Waals surface area contributed by atoms with Gasteiger partial charge in [0.25, 0.3) is 5.91 Å². The minimum Gasteiger partial charge on any atom is -0.370 e. The number of rotatable bonds is 3. The van der Waals surface area contributed by atoms with Gasteiger partial charge in [-0.1, -0.05) is 43.2 Å². The van der Waals surface area contributed by atoms with Gasteiger partial charge in [-0.2, -0.15) is 0 Å². The van der Waals surface area contributed by atoms with Crippen LogP contribution in [0.5, 0.6) is 0 Å². The van der Waals surface area contributed by atoms with Crippen molar-refractivity contribution in [2.75, 3.05) is 26.2 Å². The van der Waals surface area contributed by atoms with Gasteiger partial charge in [0, 0.05) is 6.54 Å². The van der Waals surface area contributed by atoms with Gasteiger partial charge in [0.1, 0.15) is 18.2 Å². The van der Waals surface area contributed by atoms with E-state index in [0.717, 1.165) is 23.3 Å². The van der Waals surface area contributed by atoms with E-state index in [1.54, 1.807) is 4.90 Å². The van der Waals surface area contributed by atoms with Crippen molar-refractivity contribution in [3.8, 4) is 0 Å². The van der Waals surface area contributed by atoms with Crippen LogP contribution in [-0.4, -0.2) is 59.4 Å². The molecule has 4 amide bonds. The Bertz CT molecular complexity index is 715. The Morgan fingerprint density at radius 1 is 1.19 bits per heavy atom. The highest BCUT2D eigenvalue weighted by molar-refractivity contribution is 6.09. The van der Waals surface area contributed by atoms with E-state index >= 15 is 0 Å². The predicted molar refractivity (Wildman–Crippen MR) is 93.2 cm³/mol. The molecule has 0 bridgehead atoms. The highest BCUT2D eigenvalue weighted by atomic mass is 16.5. The van der Waals surface area contributed by atoms with E-state index in [9.17, 15) is 14.4 Å². The summed E-state index contributed by atoms with van der Waals surface area (Å²) < 4.78 is 5.78. The van der Waals surface area contributed by atoms with Gasteiger partial charge in [0.2, 0.25) is 5.91 Å². The van der Waals surface area contributed by atoms with Crippen LogP contribution in [0.3, 0.4) is 0 Å². The van der Waals surface area contributed by atoms with E-state index < -0.39 is 11.6 Å². The smallest absolute Gasteiger partial charge is 0.325 e. The number of benzene rings is 1. The molecule has 0 aromatic heterocycles. The number of hydrogen-bond donors (Lipinski definition) is 1. The third-order valence-electron chi connectivity index (χ3n) is 5.59. The molecule has 7 heteroatoms. The van der Waals surface area contributed by atoms with Crippen molar-refractivity contribution in [3.05, 3.63) is 35.9 Å². The lowest BCUT2D eigenvalue weighted by atomic mass is 9.98. The van der Waals surface area contributed by atoms with Crippen molar-refractivity contribution in [2.45, 2.75) is 37.3 Å². The second-order valence-electron chi connectivity index (χ2n) is 7.22. The van der Waals surface area contributed by atoms with E-state index in [0.29, 0.717) is 32.5 Å². The zero-order chi connectivity index (χ0) is 18.1. The summed E-state index contributed by atoms with van der Waals surface area (Å²) >= 11 is 0. The standard InChI is InChI=1S/C19H23N3O4/c23-16(13-22-17(24)19(20-18(22)25)8-4-5-9-19)21-10-11-26-15(12-21)14-6-2-1-3-7-14/h1-3,6-7,15H,4-5,8-13H2,(H,20,25)/t15-/m0/s1. The van der Waals surface area contributed by atoms with Gasteiger partial charge in [0.15, 0.2) is 0 Å². The van der Waals surface area contributed by atoms with Crippen molar-refractivity contribution in [1.82, 2.24) is 15.1 Å². The van der Waals surface area contributed by atoms with Crippen LogP contribution in [0.1, 0.15) is 37.4 Å². The molecule has 2 saturated heterocycles. The predicted octanol–water partition coefficient (Wildman–Crippen LogP) is 1.45. The molecular weight excluding hydrogens is 334 g/mol. The minimum absolute atomic E-state index is 0.182. The molecule has 1 aromatic carbocycles. The topological polar surface area (TPSA) is 79.0 Å². The Hall–Kier alpha value is -2.41. The number of nitrogens with one attached hydrogen (secondary N) is 1. The van der Waals surface area contributed by atoms with Crippen LogP contribution in [0.15, 0.2) is 30.3 Å². The summed E-state index contributed by atoms with van der Waals surface area (Å²) in [5.74, 6) is -0.464. The Morgan fingerprint density at radius 2 is 1.92 bits per heavy atom. The molecule has 1 N–H and O–H groups in total. The monoisotopic (exact) mass is 357 g/mol. The summed E-state index contributed by atoms with van der Waals surface area (Å²) in [6, 6.07) is 9.31. The van der Waals surface area contributed by atoms with Crippen molar-refractivity contribution in [2.24, 2.45) is 0 Å². The molecule has 1 aromatic rings. The van der Waals surface area contributed by atoms with Gasteiger partial charge in [-0.25, -0.2) is 4.79 Å². The SMILES string of the molecule is O=C(CN1C(=O)NC2(CCCC2)C1=O)N1CCO[C@H](c2ccccc2)C1. The molecule has 2 heterocycles. The van der Waals surface area contributed by atoms with Gasteiger partial charge >= 0.3 is 6.03 Å². The molecule has 3 fully saturated rings. The number of morpholine rings is 1. The van der Waals surface area contributed by atoms with Crippen LogP contribution < -0.4 is 5.32 Å². The molecule has 7 nitrogen and oxygen atoms in total. The molecule has 2 aliphatic heterocycles. The molecule has 138 valence electrons. The van der Waals surface area contributed by atoms with E-state index in [1.165, 1.54) is 0 Å². The van der Waals surface area contributed by atoms with Crippen LogP contribution in [0.4, 0.5) is 4.79 Å². The molecule has 1 aliphatic carbocycles. The van der Waals surface area contributed by atoms with E-state index in [-0.39, 0.29) is 24.5 Å². The molecule has 1 atom stereocenters. The third kappa shape index (κ3) is 2.96. The van der Waals surface area contributed by atoms with Gasteiger partial charge in [-0.05, 0) is 18.4 Å². The van der Waals surface area contributed by atoms with Gasteiger partial charge < -0.3 is 15.0 Å². The summed E-state index contributed by atoms with van der Waals surface area (Å²) in [5, 5.41) is 2.81. The van der Waals surface area contributed by atoms with E-state index in [1.807, 2.05) is 30.3 Å². The van der Waals surface area contributed by atoms with Crippen molar-refractivity contribution < 1.29 is 19.1 Å². The fourth-order valence-corrected chi connectivity index (χ4v) is 4.12. The number of ether oxygens (including phenoxy) is 1. The molecule has 4 rings (SSSR count). The molecule has 0 radical (unpaired) electrons. The van der Waals surface area contributed by atoms with Crippen LogP contribution in [0, 0.1) is 0 Å². The molecule has 1 spiro atoms. The molecule has 0 unspecified atom stereocenters.